The second-order valence-electron chi connectivity index (χ2n) is 7.51. The zero-order valence-corrected chi connectivity index (χ0v) is 15.0. The maximum atomic E-state index is 11.8. The molecule has 1 aromatic carbocycles. The number of rotatable bonds is 7. The van der Waals surface area contributed by atoms with Gasteiger partial charge in [-0.25, -0.2) is 0 Å². The average molecular weight is 316 g/mol. The second kappa shape index (κ2) is 9.07. The highest BCUT2D eigenvalue weighted by atomic mass is 16.1. The summed E-state index contributed by atoms with van der Waals surface area (Å²) in [6.45, 7) is 10.8. The predicted molar refractivity (Wildman–Crippen MR) is 96.0 cm³/mol. The highest BCUT2D eigenvalue weighted by Crippen LogP contribution is 2.18. The van der Waals surface area contributed by atoms with Crippen LogP contribution >= 0.6 is 0 Å². The van der Waals surface area contributed by atoms with E-state index in [1.54, 1.807) is 0 Å². The Morgan fingerprint density at radius 3 is 2.61 bits per heavy atom. The Kier molecular flexibility index (Phi) is 7.10. The summed E-state index contributed by atoms with van der Waals surface area (Å²) in [6.07, 6.45) is 4.27. The summed E-state index contributed by atoms with van der Waals surface area (Å²) in [7, 11) is 0. The fraction of sp³-hybridized carbons (Fsp3) is 0.650. The van der Waals surface area contributed by atoms with Gasteiger partial charge >= 0.3 is 0 Å². The molecule has 0 aromatic heterocycles. The van der Waals surface area contributed by atoms with Gasteiger partial charge in [0, 0.05) is 26.1 Å². The Balaban J connectivity index is 1.74. The minimum Gasteiger partial charge on any atom is -0.352 e. The van der Waals surface area contributed by atoms with Crippen LogP contribution in [0.15, 0.2) is 24.3 Å². The van der Waals surface area contributed by atoms with E-state index in [4.69, 9.17) is 0 Å². The van der Waals surface area contributed by atoms with Gasteiger partial charge in [-0.05, 0) is 48.8 Å². The number of carbonyl (C=O) groups is 1. The van der Waals surface area contributed by atoms with Crippen molar-refractivity contribution in [3.8, 4) is 0 Å². The third-order valence-corrected chi connectivity index (χ3v) is 4.61. The lowest BCUT2D eigenvalue weighted by Crippen LogP contribution is -2.33. The number of nitrogens with zero attached hydrogens (tertiary/aromatic N) is 1. The molecule has 0 radical (unpaired) electrons. The Bertz CT molecular complexity index is 481. The molecular weight excluding hydrogens is 284 g/mol. The summed E-state index contributed by atoms with van der Waals surface area (Å²) in [5.74, 6) is 1.56. The fourth-order valence-electron chi connectivity index (χ4n) is 3.16. The van der Waals surface area contributed by atoms with E-state index < -0.39 is 0 Å². The van der Waals surface area contributed by atoms with Crippen LogP contribution < -0.4 is 5.32 Å². The molecule has 1 heterocycles. The Labute approximate surface area is 141 Å². The van der Waals surface area contributed by atoms with Gasteiger partial charge in [-0.15, -0.1) is 0 Å². The second-order valence-corrected chi connectivity index (χ2v) is 7.51. The molecule has 128 valence electrons. The van der Waals surface area contributed by atoms with Crippen molar-refractivity contribution in [1.82, 2.24) is 10.2 Å². The van der Waals surface area contributed by atoms with Crippen LogP contribution in [-0.4, -0.2) is 23.9 Å². The van der Waals surface area contributed by atoms with Crippen molar-refractivity contribution in [2.45, 2.75) is 59.5 Å². The maximum absolute atomic E-state index is 11.8. The van der Waals surface area contributed by atoms with E-state index in [1.807, 2.05) is 0 Å². The van der Waals surface area contributed by atoms with Gasteiger partial charge in [-0.2, -0.15) is 0 Å². The van der Waals surface area contributed by atoms with E-state index in [-0.39, 0.29) is 5.91 Å². The lowest BCUT2D eigenvalue weighted by Gasteiger charge is -2.30. The summed E-state index contributed by atoms with van der Waals surface area (Å²) in [5, 5.41) is 3.01. The first kappa shape index (κ1) is 18.0. The largest absolute Gasteiger partial charge is 0.352 e. The van der Waals surface area contributed by atoms with Crippen LogP contribution in [0.4, 0.5) is 0 Å². The monoisotopic (exact) mass is 316 g/mol. The molecule has 2 rings (SSSR count). The van der Waals surface area contributed by atoms with Gasteiger partial charge in [0.2, 0.25) is 5.91 Å². The topological polar surface area (TPSA) is 32.3 Å². The van der Waals surface area contributed by atoms with E-state index >= 15 is 0 Å². The third kappa shape index (κ3) is 6.74. The number of benzene rings is 1. The molecule has 0 spiro atoms. The molecule has 3 nitrogen and oxygen atoms in total. The van der Waals surface area contributed by atoms with Crippen LogP contribution in [0.2, 0.25) is 0 Å². The van der Waals surface area contributed by atoms with Crippen molar-refractivity contribution >= 4 is 5.91 Å². The van der Waals surface area contributed by atoms with Crippen molar-refractivity contribution in [2.24, 2.45) is 11.8 Å². The molecule has 0 saturated carbocycles. The van der Waals surface area contributed by atoms with Gasteiger partial charge in [0.25, 0.3) is 0 Å². The highest BCUT2D eigenvalue weighted by molar-refractivity contribution is 5.75. The standard InChI is InChI=1S/C20H32N2O/c1-16(2)6-11-20(23)21-13-18-7-9-19(10-8-18)15-22-12-4-5-17(3)14-22/h7-10,16-17H,4-6,11-15H2,1-3H3,(H,21,23). The highest BCUT2D eigenvalue weighted by Gasteiger charge is 2.16. The minimum absolute atomic E-state index is 0.157. The van der Waals surface area contributed by atoms with Crippen LogP contribution in [0.3, 0.4) is 0 Å². The molecule has 23 heavy (non-hydrogen) atoms. The zero-order valence-electron chi connectivity index (χ0n) is 15.0. The molecule has 3 heteroatoms. The van der Waals surface area contributed by atoms with E-state index in [9.17, 15) is 4.79 Å². The summed E-state index contributed by atoms with van der Waals surface area (Å²) in [6, 6.07) is 8.70. The fourth-order valence-corrected chi connectivity index (χ4v) is 3.16. The first-order chi connectivity index (χ1) is 11.0. The number of piperidine rings is 1. The van der Waals surface area contributed by atoms with E-state index in [0.29, 0.717) is 18.9 Å². The number of amides is 1. The number of likely N-dealkylation sites (tertiary alicyclic amines) is 1. The molecule has 1 aliphatic heterocycles. The Hall–Kier alpha value is -1.35. The lowest BCUT2D eigenvalue weighted by molar-refractivity contribution is -0.121. The minimum atomic E-state index is 0.157. The van der Waals surface area contributed by atoms with Gasteiger partial charge in [-0.3, -0.25) is 9.69 Å². The third-order valence-electron chi connectivity index (χ3n) is 4.61. The molecule has 1 aromatic rings. The number of hydrogen-bond acceptors (Lipinski definition) is 2. The normalized spacial score (nSPS) is 19.0. The molecule has 1 atom stereocenters. The molecular formula is C20H32N2O. The smallest absolute Gasteiger partial charge is 0.220 e. The van der Waals surface area contributed by atoms with Crippen molar-refractivity contribution in [2.75, 3.05) is 13.1 Å². The molecule has 0 bridgehead atoms. The Morgan fingerprint density at radius 1 is 1.26 bits per heavy atom. The maximum Gasteiger partial charge on any atom is 0.220 e. The molecule has 0 aliphatic carbocycles. The van der Waals surface area contributed by atoms with Crippen molar-refractivity contribution < 1.29 is 4.79 Å². The summed E-state index contributed by atoms with van der Waals surface area (Å²) >= 11 is 0. The summed E-state index contributed by atoms with van der Waals surface area (Å²) in [5.41, 5.74) is 2.55. The molecule has 1 unspecified atom stereocenters. The SMILES string of the molecule is CC(C)CCC(=O)NCc1ccc(CN2CCCC(C)C2)cc1. The average Bonchev–Trinajstić information content (AvgIpc) is 2.52. The Morgan fingerprint density at radius 2 is 1.96 bits per heavy atom. The quantitative estimate of drug-likeness (QED) is 0.825. The first-order valence-electron chi connectivity index (χ1n) is 9.10. The van der Waals surface area contributed by atoms with Gasteiger partial charge < -0.3 is 5.32 Å². The predicted octanol–water partition coefficient (Wildman–Crippen LogP) is 3.97. The molecule has 1 amide bonds. The summed E-state index contributed by atoms with van der Waals surface area (Å²) < 4.78 is 0. The van der Waals surface area contributed by atoms with Gasteiger partial charge in [0.1, 0.15) is 0 Å². The van der Waals surface area contributed by atoms with Crippen LogP contribution in [0.1, 0.15) is 57.6 Å². The molecule has 1 saturated heterocycles. The van der Waals surface area contributed by atoms with Crippen LogP contribution in [-0.2, 0) is 17.9 Å². The van der Waals surface area contributed by atoms with Crippen LogP contribution in [0, 0.1) is 11.8 Å². The number of nitrogens with one attached hydrogen (secondary N) is 1. The van der Waals surface area contributed by atoms with Crippen molar-refractivity contribution in [3.05, 3.63) is 35.4 Å². The van der Waals surface area contributed by atoms with Crippen LogP contribution in [0.5, 0.6) is 0 Å². The van der Waals surface area contributed by atoms with Gasteiger partial charge in [0.15, 0.2) is 0 Å². The zero-order chi connectivity index (χ0) is 16.7. The van der Waals surface area contributed by atoms with E-state index in [2.05, 4.69) is 55.3 Å². The number of hydrogen-bond donors (Lipinski definition) is 1. The number of carbonyl (C=O) groups excluding carboxylic acids is 1. The van der Waals surface area contributed by atoms with Gasteiger partial charge in [-0.1, -0.05) is 45.0 Å². The van der Waals surface area contributed by atoms with Crippen molar-refractivity contribution in [3.63, 3.8) is 0 Å². The summed E-state index contributed by atoms with van der Waals surface area (Å²) in [4.78, 5) is 14.3. The van der Waals surface area contributed by atoms with Gasteiger partial charge in [0.05, 0.1) is 0 Å². The lowest BCUT2D eigenvalue weighted by atomic mass is 9.99. The molecule has 1 fully saturated rings. The van der Waals surface area contributed by atoms with Crippen LogP contribution in [0.25, 0.3) is 0 Å². The van der Waals surface area contributed by atoms with E-state index in [1.165, 1.54) is 37.1 Å². The van der Waals surface area contributed by atoms with Crippen molar-refractivity contribution in [1.29, 1.82) is 0 Å². The van der Waals surface area contributed by atoms with E-state index in [0.717, 1.165) is 18.9 Å². The first-order valence-corrected chi connectivity index (χ1v) is 9.10. The molecule has 1 N–H and O–H groups in total. The molecule has 1 aliphatic rings.